The molecule has 0 heterocycles. The van der Waals surface area contributed by atoms with Crippen molar-refractivity contribution in [3.8, 4) is 5.75 Å². The summed E-state index contributed by atoms with van der Waals surface area (Å²) in [6.45, 7) is 7.34. The summed E-state index contributed by atoms with van der Waals surface area (Å²) in [4.78, 5) is 66.7. The number of carbonyl (C=O) groups excluding carboxylic acids is 5. The highest BCUT2D eigenvalue weighted by atomic mass is 127. The Balaban J connectivity index is 1.78. The molecule has 3 rings (SSSR count). The summed E-state index contributed by atoms with van der Waals surface area (Å²) in [5.74, 6) is -3.47. The summed E-state index contributed by atoms with van der Waals surface area (Å²) in [6, 6.07) is 3.07. The van der Waals surface area contributed by atoms with Crippen LogP contribution in [0.15, 0.2) is 24.3 Å². The summed E-state index contributed by atoms with van der Waals surface area (Å²) in [7, 11) is -3.69. The maximum atomic E-state index is 14.1. The molecule has 0 saturated heterocycles. The molecule has 2 aliphatic rings. The number of nitrogens with zero attached hydrogens (tertiary/aromatic N) is 1. The number of hydrogen-bond acceptors (Lipinski definition) is 8. The van der Waals surface area contributed by atoms with Crippen molar-refractivity contribution in [2.45, 2.75) is 113 Å². The second kappa shape index (κ2) is 16.6. The number of sulfone groups is 1. The molecule has 0 aromatic heterocycles. The van der Waals surface area contributed by atoms with Crippen LogP contribution in [0.25, 0.3) is 0 Å². The number of Topliss-reactive ketones (excluding diaryl/α,β-unsaturated/α-hetero) is 1. The van der Waals surface area contributed by atoms with Crippen LogP contribution in [0.3, 0.4) is 0 Å². The third kappa shape index (κ3) is 11.6. The number of carbonyl (C=O) groups is 5. The Labute approximate surface area is 297 Å². The molecule has 1 aromatic carbocycles. The predicted octanol–water partition coefficient (Wildman–Crippen LogP) is 3.06. The van der Waals surface area contributed by atoms with Gasteiger partial charge in [0.25, 0.3) is 11.8 Å². The fraction of sp³-hybridized carbons (Fsp3) is 0.667. The van der Waals surface area contributed by atoms with Gasteiger partial charge in [-0.3, -0.25) is 19.2 Å². The van der Waals surface area contributed by atoms with Crippen molar-refractivity contribution in [1.82, 2.24) is 20.9 Å². The molecule has 1 unspecified atom stereocenters. The smallest absolute Gasteiger partial charge is 0.315 e. The zero-order valence-electron chi connectivity index (χ0n) is 28.2. The fourth-order valence-corrected chi connectivity index (χ4v) is 8.86. The minimum atomic E-state index is -3.69. The number of nitrogens with two attached hydrogens (primary N) is 1. The van der Waals surface area contributed by atoms with E-state index in [0.717, 1.165) is 32.1 Å². The van der Waals surface area contributed by atoms with Crippen molar-refractivity contribution in [2.24, 2.45) is 17.1 Å². The van der Waals surface area contributed by atoms with E-state index < -0.39 is 66.5 Å². The Kier molecular flexibility index (Phi) is 13.7. The number of benzene rings is 1. The van der Waals surface area contributed by atoms with Gasteiger partial charge in [0.15, 0.2) is 13.9 Å². The third-order valence-corrected chi connectivity index (χ3v) is 11.8. The van der Waals surface area contributed by atoms with E-state index in [-0.39, 0.29) is 36.1 Å². The van der Waals surface area contributed by atoms with E-state index in [1.807, 2.05) is 29.5 Å². The molecule has 2 fully saturated rings. The van der Waals surface area contributed by atoms with Crippen LogP contribution in [0, 0.1) is 11.3 Å². The van der Waals surface area contributed by atoms with Gasteiger partial charge >= 0.3 is 6.03 Å². The van der Waals surface area contributed by atoms with E-state index in [2.05, 4.69) is 16.0 Å². The van der Waals surface area contributed by atoms with E-state index in [4.69, 9.17) is 5.73 Å². The van der Waals surface area contributed by atoms with Crippen LogP contribution in [0.5, 0.6) is 5.75 Å². The van der Waals surface area contributed by atoms with Crippen molar-refractivity contribution in [3.05, 3.63) is 29.8 Å². The van der Waals surface area contributed by atoms with E-state index in [0.29, 0.717) is 24.8 Å². The third-order valence-electron chi connectivity index (χ3n) is 8.78. The summed E-state index contributed by atoms with van der Waals surface area (Å²) < 4.78 is 25.7. The first-order chi connectivity index (χ1) is 22.4. The topological polar surface area (TPSA) is 205 Å². The zero-order valence-corrected chi connectivity index (χ0v) is 31.2. The van der Waals surface area contributed by atoms with E-state index in [9.17, 15) is 37.5 Å². The molecular weight excluding hydrogens is 753 g/mol. The SMILES string of the molecule is CCCN(C(=O)[C@@H](NC(=O)NC1(CS(=O)(=O)Cc2ccc(O)cc2)CCCCC1)C(C)(C)C)[C@@H](I)C(=O)NC(CC1CC1)C(=O)C(N)=O. The molecule has 268 valence electrons. The molecule has 2 aliphatic carbocycles. The normalized spacial score (nSPS) is 18.1. The van der Waals surface area contributed by atoms with Gasteiger partial charge in [0, 0.05) is 6.54 Å². The van der Waals surface area contributed by atoms with Gasteiger partial charge in [-0.15, -0.1) is 0 Å². The second-order valence-corrected chi connectivity index (χ2v) is 17.5. The number of alkyl halides is 1. The van der Waals surface area contributed by atoms with E-state index in [1.54, 1.807) is 32.9 Å². The molecule has 0 radical (unpaired) electrons. The fourth-order valence-electron chi connectivity index (χ4n) is 6.12. The van der Waals surface area contributed by atoms with Gasteiger partial charge in [-0.2, -0.15) is 0 Å². The van der Waals surface area contributed by atoms with Crippen LogP contribution in [0.2, 0.25) is 0 Å². The summed E-state index contributed by atoms with van der Waals surface area (Å²) in [6.07, 6.45) is 5.83. The van der Waals surface area contributed by atoms with Gasteiger partial charge in [0.05, 0.1) is 23.1 Å². The standard InChI is InChI=1S/C33H50IN5O8S/c1-5-17-39(27(34)29(43)36-24(18-21-9-10-21)25(41)28(35)42)30(44)26(32(2,3)4)37-31(45)38-33(15-7-6-8-16-33)20-48(46,47)19-22-11-13-23(40)14-12-22/h11-14,21,24,26-27,40H,5-10,15-20H2,1-4H3,(H2,35,42)(H,36,43)(H2,37,38,45)/t24?,26-,27-/m1/s1. The number of rotatable bonds is 16. The molecule has 1 aromatic rings. The van der Waals surface area contributed by atoms with Gasteiger partial charge in [0.1, 0.15) is 11.8 Å². The lowest BCUT2D eigenvalue weighted by molar-refractivity contribution is -0.142. The Bertz CT molecular complexity index is 1440. The van der Waals surface area contributed by atoms with Gasteiger partial charge in [0.2, 0.25) is 11.7 Å². The molecule has 6 N–H and O–H groups in total. The van der Waals surface area contributed by atoms with E-state index in [1.165, 1.54) is 17.0 Å². The average Bonchev–Trinajstić information content (AvgIpc) is 3.82. The summed E-state index contributed by atoms with van der Waals surface area (Å²) >= 11 is 1.82. The van der Waals surface area contributed by atoms with Crippen molar-refractivity contribution in [3.63, 3.8) is 0 Å². The number of phenolic OH excluding ortho intramolecular Hbond substituents is 1. The van der Waals surface area contributed by atoms with Crippen LogP contribution in [0.1, 0.15) is 91.0 Å². The first kappa shape index (κ1) is 39.5. The first-order valence-corrected chi connectivity index (χ1v) is 19.6. The Morgan fingerprint density at radius 2 is 1.65 bits per heavy atom. The molecule has 5 amide bonds. The Morgan fingerprint density at radius 1 is 1.04 bits per heavy atom. The molecule has 13 nitrogen and oxygen atoms in total. The van der Waals surface area contributed by atoms with Gasteiger partial charge in [-0.05, 0) is 77.3 Å². The van der Waals surface area contributed by atoms with Gasteiger partial charge in [-0.25, -0.2) is 13.2 Å². The monoisotopic (exact) mass is 803 g/mol. The molecular formula is C33H50IN5O8S. The lowest BCUT2D eigenvalue weighted by Gasteiger charge is -2.40. The number of halogens is 1. The Morgan fingerprint density at radius 3 is 2.17 bits per heavy atom. The van der Waals surface area contributed by atoms with E-state index >= 15 is 0 Å². The number of aromatic hydroxyl groups is 1. The molecule has 0 spiro atoms. The molecule has 2 saturated carbocycles. The minimum absolute atomic E-state index is 0.0316. The van der Waals surface area contributed by atoms with Crippen LogP contribution >= 0.6 is 22.6 Å². The number of amides is 5. The summed E-state index contributed by atoms with van der Waals surface area (Å²) in [5, 5.41) is 17.9. The molecule has 3 atom stereocenters. The van der Waals surface area contributed by atoms with Crippen molar-refractivity contribution >= 4 is 62.0 Å². The van der Waals surface area contributed by atoms with Crippen LogP contribution in [-0.2, 0) is 34.8 Å². The number of primary amides is 1. The second-order valence-electron chi connectivity index (χ2n) is 14.3. The average molecular weight is 804 g/mol. The van der Waals surface area contributed by atoms with Gasteiger partial charge in [-0.1, -0.05) is 71.9 Å². The number of ketones is 1. The molecule has 0 bridgehead atoms. The highest BCUT2D eigenvalue weighted by molar-refractivity contribution is 14.1. The van der Waals surface area contributed by atoms with Gasteiger partial charge < -0.3 is 31.7 Å². The minimum Gasteiger partial charge on any atom is -0.508 e. The zero-order chi connectivity index (χ0) is 35.9. The maximum Gasteiger partial charge on any atom is 0.315 e. The largest absolute Gasteiger partial charge is 0.508 e. The lowest BCUT2D eigenvalue weighted by atomic mass is 9.83. The molecule has 48 heavy (non-hydrogen) atoms. The van der Waals surface area contributed by atoms with Crippen LogP contribution in [0.4, 0.5) is 4.79 Å². The number of nitrogens with one attached hydrogen (secondary N) is 3. The summed E-state index contributed by atoms with van der Waals surface area (Å²) in [5.41, 5.74) is 3.90. The number of phenols is 1. The first-order valence-electron chi connectivity index (χ1n) is 16.5. The van der Waals surface area contributed by atoms with Crippen LogP contribution in [-0.4, -0.2) is 81.9 Å². The number of hydrogen-bond donors (Lipinski definition) is 5. The van der Waals surface area contributed by atoms with Crippen molar-refractivity contribution < 1.29 is 37.5 Å². The van der Waals surface area contributed by atoms with Crippen molar-refractivity contribution in [2.75, 3.05) is 12.3 Å². The highest BCUT2D eigenvalue weighted by Gasteiger charge is 2.43. The van der Waals surface area contributed by atoms with Crippen LogP contribution < -0.4 is 21.7 Å². The highest BCUT2D eigenvalue weighted by Crippen LogP contribution is 2.34. The number of urea groups is 1. The Hall–Kier alpha value is -2.95. The quantitative estimate of drug-likeness (QED) is 0.0726. The molecule has 0 aliphatic heterocycles. The lowest BCUT2D eigenvalue weighted by Crippen LogP contribution is -2.63. The maximum absolute atomic E-state index is 14.1. The predicted molar refractivity (Wildman–Crippen MR) is 190 cm³/mol. The molecule has 15 heteroatoms. The van der Waals surface area contributed by atoms with Crippen molar-refractivity contribution in [1.29, 1.82) is 0 Å².